The Morgan fingerprint density at radius 1 is 1.03 bits per heavy atom. The van der Waals surface area contributed by atoms with Crippen LogP contribution in [0.15, 0.2) is 71.2 Å². The third-order valence-corrected chi connectivity index (χ3v) is 4.04. The van der Waals surface area contributed by atoms with E-state index in [0.717, 1.165) is 6.08 Å². The lowest BCUT2D eigenvalue weighted by molar-refractivity contribution is -0.117. The molecule has 0 radical (unpaired) electrons. The van der Waals surface area contributed by atoms with Gasteiger partial charge in [0, 0.05) is 11.6 Å². The average molecular weight is 415 g/mol. The third kappa shape index (κ3) is 5.70. The number of amides is 2. The molecule has 2 N–H and O–H groups in total. The standard InChI is InChI=1S/C21H16ClFN2O4/c22-17-7-4-8-18(23)16(17)10-12-20(26)24-25-21(27)19-11-9-15(29-19)13-28-14-5-2-1-3-6-14/h1-12H,13H2,(H,24,26)(H,25,27)/b12-10+. The molecule has 2 aromatic carbocycles. The lowest BCUT2D eigenvalue weighted by atomic mass is 10.2. The van der Waals surface area contributed by atoms with Crippen LogP contribution in [0.4, 0.5) is 4.39 Å². The Labute approximate surface area is 170 Å². The van der Waals surface area contributed by atoms with Gasteiger partial charge in [-0.3, -0.25) is 20.4 Å². The first kappa shape index (κ1) is 20.2. The number of ether oxygens (including phenoxy) is 1. The molecule has 8 heteroatoms. The number of benzene rings is 2. The molecule has 0 unspecified atom stereocenters. The highest BCUT2D eigenvalue weighted by atomic mass is 35.5. The molecule has 148 valence electrons. The Bertz CT molecular complexity index is 1010. The summed E-state index contributed by atoms with van der Waals surface area (Å²) in [5.74, 6) is -0.772. The van der Waals surface area contributed by atoms with Gasteiger partial charge in [-0.15, -0.1) is 0 Å². The maximum absolute atomic E-state index is 13.7. The molecule has 0 fully saturated rings. The normalized spacial score (nSPS) is 10.7. The van der Waals surface area contributed by atoms with Gasteiger partial charge in [0.15, 0.2) is 5.76 Å². The van der Waals surface area contributed by atoms with Gasteiger partial charge >= 0.3 is 5.91 Å². The van der Waals surface area contributed by atoms with Gasteiger partial charge in [0.2, 0.25) is 0 Å². The summed E-state index contributed by atoms with van der Waals surface area (Å²) >= 11 is 5.87. The van der Waals surface area contributed by atoms with Gasteiger partial charge in [-0.05, 0) is 42.5 Å². The molecule has 0 saturated carbocycles. The molecule has 1 aromatic heterocycles. The Morgan fingerprint density at radius 3 is 2.59 bits per heavy atom. The molecule has 29 heavy (non-hydrogen) atoms. The summed E-state index contributed by atoms with van der Waals surface area (Å²) in [4.78, 5) is 23.9. The number of hydrogen-bond acceptors (Lipinski definition) is 4. The van der Waals surface area contributed by atoms with Crippen LogP contribution >= 0.6 is 11.6 Å². The van der Waals surface area contributed by atoms with E-state index in [1.54, 1.807) is 18.2 Å². The van der Waals surface area contributed by atoms with Gasteiger partial charge in [0.05, 0.1) is 5.02 Å². The molecule has 0 spiro atoms. The summed E-state index contributed by atoms with van der Waals surface area (Å²) in [5.41, 5.74) is 4.45. The Balaban J connectivity index is 1.50. The first-order valence-corrected chi connectivity index (χ1v) is 8.89. The van der Waals surface area contributed by atoms with Gasteiger partial charge in [0.1, 0.15) is 23.9 Å². The van der Waals surface area contributed by atoms with Crippen molar-refractivity contribution in [2.24, 2.45) is 0 Å². The first-order chi connectivity index (χ1) is 14.0. The zero-order valence-corrected chi connectivity index (χ0v) is 15.8. The number of furan rings is 1. The number of para-hydroxylation sites is 1. The van der Waals surface area contributed by atoms with Crippen molar-refractivity contribution in [1.82, 2.24) is 10.9 Å². The van der Waals surface area contributed by atoms with Gasteiger partial charge in [0.25, 0.3) is 5.91 Å². The van der Waals surface area contributed by atoms with Crippen molar-refractivity contribution in [3.8, 4) is 5.75 Å². The van der Waals surface area contributed by atoms with Crippen LogP contribution in [0.5, 0.6) is 5.75 Å². The highest BCUT2D eigenvalue weighted by Gasteiger charge is 2.12. The number of hydrogen-bond donors (Lipinski definition) is 2. The van der Waals surface area contributed by atoms with Crippen LogP contribution < -0.4 is 15.6 Å². The zero-order chi connectivity index (χ0) is 20.6. The van der Waals surface area contributed by atoms with E-state index in [-0.39, 0.29) is 23.0 Å². The fourth-order valence-electron chi connectivity index (χ4n) is 2.30. The molecule has 3 rings (SSSR count). The average Bonchev–Trinajstić information content (AvgIpc) is 3.20. The first-order valence-electron chi connectivity index (χ1n) is 8.52. The van der Waals surface area contributed by atoms with E-state index in [0.29, 0.717) is 11.5 Å². The van der Waals surface area contributed by atoms with E-state index in [2.05, 4.69) is 10.9 Å². The van der Waals surface area contributed by atoms with Crippen LogP contribution in [0.25, 0.3) is 6.08 Å². The molecule has 0 bridgehead atoms. The molecule has 3 aromatic rings. The van der Waals surface area contributed by atoms with Crippen LogP contribution in [0.3, 0.4) is 0 Å². The molecule has 0 saturated heterocycles. The molecular formula is C21H16ClFN2O4. The minimum atomic E-state index is -0.670. The van der Waals surface area contributed by atoms with E-state index in [1.807, 2.05) is 18.2 Å². The molecular weight excluding hydrogens is 399 g/mol. The van der Waals surface area contributed by atoms with Crippen molar-refractivity contribution >= 4 is 29.5 Å². The second-order valence-electron chi connectivity index (χ2n) is 5.78. The van der Waals surface area contributed by atoms with Crippen molar-refractivity contribution in [3.63, 3.8) is 0 Å². The van der Waals surface area contributed by atoms with Gasteiger partial charge < -0.3 is 9.15 Å². The molecule has 0 aliphatic heterocycles. The van der Waals surface area contributed by atoms with Crippen LogP contribution in [0, 0.1) is 5.82 Å². The molecule has 0 aliphatic carbocycles. The fraction of sp³-hybridized carbons (Fsp3) is 0.0476. The Morgan fingerprint density at radius 2 is 1.83 bits per heavy atom. The number of nitrogens with one attached hydrogen (secondary N) is 2. The lowest BCUT2D eigenvalue weighted by Crippen LogP contribution is -2.40. The quantitative estimate of drug-likeness (QED) is 0.469. The lowest BCUT2D eigenvalue weighted by Gasteiger charge is -2.04. The van der Waals surface area contributed by atoms with Crippen LogP contribution in [0.1, 0.15) is 21.9 Å². The van der Waals surface area contributed by atoms with E-state index < -0.39 is 17.6 Å². The predicted molar refractivity (Wildman–Crippen MR) is 106 cm³/mol. The summed E-state index contributed by atoms with van der Waals surface area (Å²) in [6, 6.07) is 16.4. The summed E-state index contributed by atoms with van der Waals surface area (Å²) < 4.78 is 24.6. The second-order valence-corrected chi connectivity index (χ2v) is 6.19. The van der Waals surface area contributed by atoms with Crippen LogP contribution in [-0.2, 0) is 11.4 Å². The molecule has 0 atom stereocenters. The summed E-state index contributed by atoms with van der Waals surface area (Å²) in [6.45, 7) is 0.149. The molecule has 0 aliphatic rings. The SMILES string of the molecule is O=C(/C=C/c1c(F)cccc1Cl)NNC(=O)c1ccc(COc2ccccc2)o1. The van der Waals surface area contributed by atoms with Crippen molar-refractivity contribution < 1.29 is 23.1 Å². The van der Waals surface area contributed by atoms with Gasteiger partial charge in [-0.25, -0.2) is 4.39 Å². The summed E-state index contributed by atoms with van der Waals surface area (Å²) in [7, 11) is 0. The molecule has 2 amide bonds. The Kier molecular flexibility index (Phi) is 6.65. The number of rotatable bonds is 6. The maximum Gasteiger partial charge on any atom is 0.305 e. The number of carbonyl (C=O) groups is 2. The van der Waals surface area contributed by atoms with E-state index in [1.165, 1.54) is 30.3 Å². The fourth-order valence-corrected chi connectivity index (χ4v) is 2.53. The van der Waals surface area contributed by atoms with Gasteiger partial charge in [-0.2, -0.15) is 0 Å². The topological polar surface area (TPSA) is 80.6 Å². The Hall–Kier alpha value is -3.58. The smallest absolute Gasteiger partial charge is 0.305 e. The van der Waals surface area contributed by atoms with Crippen molar-refractivity contribution in [1.29, 1.82) is 0 Å². The zero-order valence-electron chi connectivity index (χ0n) is 15.0. The second kappa shape index (κ2) is 9.57. The highest BCUT2D eigenvalue weighted by Crippen LogP contribution is 2.20. The van der Waals surface area contributed by atoms with Crippen LogP contribution in [-0.4, -0.2) is 11.8 Å². The van der Waals surface area contributed by atoms with E-state index in [9.17, 15) is 14.0 Å². The van der Waals surface area contributed by atoms with E-state index in [4.69, 9.17) is 20.8 Å². The monoisotopic (exact) mass is 414 g/mol. The summed E-state index contributed by atoms with van der Waals surface area (Å²) in [5, 5.41) is 0.166. The molecule has 6 nitrogen and oxygen atoms in total. The predicted octanol–water partition coefficient (Wildman–Crippen LogP) is 4.13. The van der Waals surface area contributed by atoms with Gasteiger partial charge in [-0.1, -0.05) is 35.9 Å². The number of halogens is 2. The van der Waals surface area contributed by atoms with Crippen molar-refractivity contribution in [2.75, 3.05) is 0 Å². The third-order valence-electron chi connectivity index (χ3n) is 3.71. The minimum Gasteiger partial charge on any atom is -0.486 e. The minimum absolute atomic E-state index is 0.00177. The maximum atomic E-state index is 13.7. The molecule has 1 heterocycles. The van der Waals surface area contributed by atoms with Crippen LogP contribution in [0.2, 0.25) is 5.02 Å². The largest absolute Gasteiger partial charge is 0.486 e. The van der Waals surface area contributed by atoms with Crippen molar-refractivity contribution in [3.05, 3.63) is 94.7 Å². The summed E-state index contributed by atoms with van der Waals surface area (Å²) in [6.07, 6.45) is 2.26. The highest BCUT2D eigenvalue weighted by molar-refractivity contribution is 6.32. The number of carbonyl (C=O) groups excluding carboxylic acids is 2. The van der Waals surface area contributed by atoms with E-state index >= 15 is 0 Å². The van der Waals surface area contributed by atoms with Crippen molar-refractivity contribution in [2.45, 2.75) is 6.61 Å². The number of hydrazine groups is 1.